The van der Waals surface area contributed by atoms with Gasteiger partial charge in [-0.05, 0) is 17.9 Å². The second-order valence-electron chi connectivity index (χ2n) is 2.86. The van der Waals surface area contributed by atoms with E-state index in [9.17, 15) is 5.11 Å². The van der Waals surface area contributed by atoms with Crippen molar-refractivity contribution in [2.45, 2.75) is 6.92 Å². The van der Waals surface area contributed by atoms with Crippen molar-refractivity contribution in [3.63, 3.8) is 0 Å². The molecule has 3 heteroatoms. The van der Waals surface area contributed by atoms with Gasteiger partial charge < -0.3 is 5.11 Å². The molecule has 1 aromatic heterocycles. The summed E-state index contributed by atoms with van der Waals surface area (Å²) in [6, 6.07) is 9.17. The fraction of sp³-hybridized carbons (Fsp3) is 0.100. The van der Waals surface area contributed by atoms with Gasteiger partial charge in [-0.2, -0.15) is 0 Å². The first-order valence-corrected chi connectivity index (χ1v) is 3.86. The molecule has 2 nitrogen and oxygen atoms in total. The number of benzene rings is 1. The van der Waals surface area contributed by atoms with Crippen LogP contribution < -0.4 is 39.6 Å². The molecule has 1 heterocycles. The van der Waals surface area contributed by atoms with Crippen molar-refractivity contribution < 1.29 is 39.6 Å². The molecule has 60 valence electrons. The van der Waals surface area contributed by atoms with Gasteiger partial charge in [-0.3, -0.25) is 0 Å². The molecule has 0 saturated heterocycles. The van der Waals surface area contributed by atoms with E-state index in [-0.39, 0.29) is 35.3 Å². The van der Waals surface area contributed by atoms with Gasteiger partial charge in [0.05, 0.1) is 0 Å². The normalized spacial score (nSPS) is 9.62. The van der Waals surface area contributed by atoms with E-state index in [2.05, 4.69) is 4.98 Å². The number of nitrogens with one attached hydrogen (secondary N) is 1. The first-order valence-electron chi connectivity index (χ1n) is 3.86. The molecule has 0 fully saturated rings. The third kappa shape index (κ3) is 2.02. The van der Waals surface area contributed by atoms with Crippen molar-refractivity contribution in [3.8, 4) is 5.75 Å². The zero-order valence-electron chi connectivity index (χ0n) is 7.79. The predicted molar refractivity (Wildman–Crippen MR) is 44.7 cm³/mol. The number of fused-ring (bicyclic) bond motifs is 1. The average Bonchev–Trinajstić information content (AvgIpc) is 2.07. The molecule has 0 bridgehead atoms. The Morgan fingerprint density at radius 1 is 1.15 bits per heavy atom. The standard InChI is InChI=1S/C10H9NO.Na/c1-7-5-6-8-3-2-4-9(12)10(8)11-7;/h2-6,12H,1H3;/q;+1. The summed E-state index contributed by atoms with van der Waals surface area (Å²) in [5, 5.41) is 12.3. The molecular weight excluding hydrogens is 173 g/mol. The Hall–Kier alpha value is -0.570. The zero-order valence-corrected chi connectivity index (χ0v) is 9.79. The van der Waals surface area contributed by atoms with Crippen LogP contribution in [0.2, 0.25) is 0 Å². The van der Waals surface area contributed by atoms with Crippen molar-refractivity contribution in [3.05, 3.63) is 36.0 Å². The Balaban J connectivity index is 0.000000845. The van der Waals surface area contributed by atoms with Crippen molar-refractivity contribution in [2.24, 2.45) is 0 Å². The number of aromatic amines is 1. The van der Waals surface area contributed by atoms with Gasteiger partial charge >= 0.3 is 29.6 Å². The van der Waals surface area contributed by atoms with Crippen molar-refractivity contribution in [1.29, 1.82) is 0 Å². The monoisotopic (exact) mass is 182 g/mol. The molecule has 1 aromatic carbocycles. The van der Waals surface area contributed by atoms with Gasteiger partial charge in [0.2, 0.25) is 5.52 Å². The molecule has 0 spiro atoms. The van der Waals surface area contributed by atoms with Crippen LogP contribution >= 0.6 is 0 Å². The van der Waals surface area contributed by atoms with E-state index in [4.69, 9.17) is 0 Å². The third-order valence-electron chi connectivity index (χ3n) is 1.89. The van der Waals surface area contributed by atoms with Gasteiger partial charge in [0, 0.05) is 18.4 Å². The minimum absolute atomic E-state index is 0. The summed E-state index contributed by atoms with van der Waals surface area (Å²) in [6.07, 6.45) is 0. The fourth-order valence-electron chi connectivity index (χ4n) is 1.27. The summed E-state index contributed by atoms with van der Waals surface area (Å²) in [5.41, 5.74) is 1.70. The first-order chi connectivity index (χ1) is 5.77. The largest absolute Gasteiger partial charge is 1.00 e. The molecule has 0 radical (unpaired) electrons. The second kappa shape index (κ2) is 4.09. The molecule has 0 unspecified atom stereocenters. The summed E-state index contributed by atoms with van der Waals surface area (Å²) in [6.45, 7) is 1.94. The number of H-pyrrole nitrogens is 1. The Kier molecular flexibility index (Phi) is 3.31. The van der Waals surface area contributed by atoms with Crippen molar-refractivity contribution in [2.75, 3.05) is 0 Å². The molecule has 1 N–H and O–H groups in total. The van der Waals surface area contributed by atoms with Crippen LogP contribution in [0.5, 0.6) is 5.75 Å². The number of aryl methyl sites for hydroxylation is 1. The van der Waals surface area contributed by atoms with E-state index in [1.807, 2.05) is 25.1 Å². The summed E-state index contributed by atoms with van der Waals surface area (Å²) in [4.78, 5) is 3.05. The smallest absolute Gasteiger partial charge is 0.868 e. The van der Waals surface area contributed by atoms with E-state index in [1.165, 1.54) is 0 Å². The van der Waals surface area contributed by atoms with Crippen LogP contribution in [-0.2, 0) is 0 Å². The average molecular weight is 182 g/mol. The molecule has 13 heavy (non-hydrogen) atoms. The van der Waals surface area contributed by atoms with Crippen LogP contribution in [0.4, 0.5) is 0 Å². The maximum Gasteiger partial charge on any atom is 1.00 e. The van der Waals surface area contributed by atoms with Crippen molar-refractivity contribution in [1.82, 2.24) is 0 Å². The molecule has 2 aromatic rings. The van der Waals surface area contributed by atoms with Gasteiger partial charge in [-0.15, -0.1) is 0 Å². The molecule has 0 saturated carbocycles. The molecule has 2 rings (SSSR count). The van der Waals surface area contributed by atoms with E-state index in [0.717, 1.165) is 11.1 Å². The predicted octanol–water partition coefficient (Wildman–Crippen LogP) is -1.96. The number of hydrogen-bond acceptors (Lipinski definition) is 1. The summed E-state index contributed by atoms with van der Waals surface area (Å²) < 4.78 is 0. The second-order valence-corrected chi connectivity index (χ2v) is 2.86. The van der Waals surface area contributed by atoms with E-state index in [0.29, 0.717) is 5.52 Å². The summed E-state index contributed by atoms with van der Waals surface area (Å²) in [7, 11) is 0. The quantitative estimate of drug-likeness (QED) is 0.436. The first kappa shape index (κ1) is 10.5. The Bertz CT molecular complexity index is 428. The molecule has 0 aliphatic heterocycles. The minimum Gasteiger partial charge on any atom is -0.868 e. The van der Waals surface area contributed by atoms with Crippen LogP contribution in [-0.4, -0.2) is 0 Å². The molecular formula is C10H9NNaO+. The topological polar surface area (TPSA) is 37.2 Å². The Morgan fingerprint density at radius 3 is 2.69 bits per heavy atom. The summed E-state index contributed by atoms with van der Waals surface area (Å²) in [5.74, 6) is 0.0520. The summed E-state index contributed by atoms with van der Waals surface area (Å²) >= 11 is 0. The maximum atomic E-state index is 11.3. The van der Waals surface area contributed by atoms with Crippen LogP contribution in [0.25, 0.3) is 10.9 Å². The van der Waals surface area contributed by atoms with Gasteiger partial charge in [-0.25, -0.2) is 4.98 Å². The van der Waals surface area contributed by atoms with Crippen molar-refractivity contribution >= 4 is 10.9 Å². The number of aromatic nitrogens is 1. The third-order valence-corrected chi connectivity index (χ3v) is 1.89. The number of pyridine rings is 1. The van der Waals surface area contributed by atoms with Gasteiger partial charge in [0.15, 0.2) is 5.69 Å². The van der Waals surface area contributed by atoms with E-state index < -0.39 is 0 Å². The van der Waals surface area contributed by atoms with E-state index in [1.54, 1.807) is 12.1 Å². The van der Waals surface area contributed by atoms with Crippen LogP contribution in [0, 0.1) is 6.92 Å². The van der Waals surface area contributed by atoms with E-state index >= 15 is 0 Å². The fourth-order valence-corrected chi connectivity index (χ4v) is 1.27. The van der Waals surface area contributed by atoms with Crippen LogP contribution in [0.1, 0.15) is 5.69 Å². The minimum atomic E-state index is 0. The molecule has 0 amide bonds. The number of para-hydroxylation sites is 1. The Labute approximate surface area is 98.9 Å². The Morgan fingerprint density at radius 2 is 1.92 bits per heavy atom. The maximum absolute atomic E-state index is 11.3. The number of rotatable bonds is 0. The number of hydrogen-bond donors (Lipinski definition) is 0. The van der Waals surface area contributed by atoms with Gasteiger partial charge in [-0.1, -0.05) is 12.1 Å². The SMILES string of the molecule is Cc1ccc2cccc([O-])c2[nH+]1.[Na+]. The van der Waals surface area contributed by atoms with Gasteiger partial charge in [0.1, 0.15) is 0 Å². The molecule has 0 aliphatic rings. The molecule has 0 aliphatic carbocycles. The van der Waals surface area contributed by atoms with Crippen LogP contribution in [0.15, 0.2) is 30.3 Å². The van der Waals surface area contributed by atoms with Gasteiger partial charge in [0.25, 0.3) is 0 Å². The molecule has 0 atom stereocenters. The zero-order chi connectivity index (χ0) is 8.55. The van der Waals surface area contributed by atoms with Crippen LogP contribution in [0.3, 0.4) is 0 Å².